The molecular weight excluding hydrogens is 270 g/mol. The SMILES string of the molecule is COc1ncc(C)cc1NSc1ccc(F)cc1F. The second-order valence-corrected chi connectivity index (χ2v) is 4.70. The number of pyridine rings is 1. The van der Waals surface area contributed by atoms with Crippen LogP contribution < -0.4 is 9.46 Å². The van der Waals surface area contributed by atoms with Gasteiger partial charge in [-0.05, 0) is 42.6 Å². The predicted molar refractivity (Wildman–Crippen MR) is 71.4 cm³/mol. The highest BCUT2D eigenvalue weighted by Gasteiger charge is 2.08. The number of hydrogen-bond donors (Lipinski definition) is 1. The van der Waals surface area contributed by atoms with Crippen LogP contribution >= 0.6 is 11.9 Å². The molecule has 0 bridgehead atoms. The van der Waals surface area contributed by atoms with Crippen LogP contribution in [0.15, 0.2) is 35.4 Å². The summed E-state index contributed by atoms with van der Waals surface area (Å²) in [6.07, 6.45) is 1.67. The van der Waals surface area contributed by atoms with Crippen LogP contribution in [-0.4, -0.2) is 12.1 Å². The monoisotopic (exact) mass is 282 g/mol. The standard InChI is InChI=1S/C13H12F2N2OS/c1-8-5-11(13(18-2)16-7-8)17-19-12-4-3-9(14)6-10(12)15/h3-7,17H,1-2H3. The number of anilines is 1. The van der Waals surface area contributed by atoms with Gasteiger partial charge in [-0.3, -0.25) is 0 Å². The van der Waals surface area contributed by atoms with Gasteiger partial charge in [-0.1, -0.05) is 0 Å². The number of benzene rings is 1. The molecule has 0 aliphatic rings. The Morgan fingerprint density at radius 1 is 1.26 bits per heavy atom. The van der Waals surface area contributed by atoms with Gasteiger partial charge in [-0.2, -0.15) is 0 Å². The zero-order chi connectivity index (χ0) is 13.8. The molecule has 0 aliphatic heterocycles. The molecule has 0 amide bonds. The molecule has 1 aromatic carbocycles. The van der Waals surface area contributed by atoms with Gasteiger partial charge in [0.1, 0.15) is 17.3 Å². The number of rotatable bonds is 4. The minimum atomic E-state index is -0.614. The average Bonchev–Trinajstić information content (AvgIpc) is 2.38. The summed E-state index contributed by atoms with van der Waals surface area (Å²) in [4.78, 5) is 4.39. The molecule has 2 rings (SSSR count). The zero-order valence-electron chi connectivity index (χ0n) is 10.4. The Bertz CT molecular complexity index is 593. The number of ether oxygens (including phenoxy) is 1. The minimum Gasteiger partial charge on any atom is -0.480 e. The van der Waals surface area contributed by atoms with Crippen LogP contribution in [0.5, 0.6) is 5.88 Å². The molecule has 0 atom stereocenters. The lowest BCUT2D eigenvalue weighted by Crippen LogP contribution is -1.96. The van der Waals surface area contributed by atoms with Gasteiger partial charge in [-0.15, -0.1) is 0 Å². The van der Waals surface area contributed by atoms with Gasteiger partial charge >= 0.3 is 0 Å². The molecule has 0 radical (unpaired) electrons. The molecule has 0 fully saturated rings. The lowest BCUT2D eigenvalue weighted by molar-refractivity contribution is 0.400. The third kappa shape index (κ3) is 3.35. The van der Waals surface area contributed by atoms with Crippen LogP contribution in [0, 0.1) is 18.6 Å². The van der Waals surface area contributed by atoms with E-state index in [4.69, 9.17) is 4.74 Å². The summed E-state index contributed by atoms with van der Waals surface area (Å²) in [6.45, 7) is 1.89. The van der Waals surface area contributed by atoms with E-state index < -0.39 is 11.6 Å². The van der Waals surface area contributed by atoms with Crippen molar-refractivity contribution < 1.29 is 13.5 Å². The summed E-state index contributed by atoms with van der Waals surface area (Å²) in [7, 11) is 1.51. The lowest BCUT2D eigenvalue weighted by atomic mass is 10.3. The van der Waals surface area contributed by atoms with Crippen LogP contribution in [0.4, 0.5) is 14.5 Å². The highest BCUT2D eigenvalue weighted by Crippen LogP contribution is 2.29. The quantitative estimate of drug-likeness (QED) is 0.865. The Kier molecular flexibility index (Phi) is 4.21. The van der Waals surface area contributed by atoms with E-state index in [1.54, 1.807) is 6.20 Å². The van der Waals surface area contributed by atoms with Gasteiger partial charge in [0.25, 0.3) is 0 Å². The highest BCUT2D eigenvalue weighted by molar-refractivity contribution is 8.00. The van der Waals surface area contributed by atoms with Crippen molar-refractivity contribution >= 4 is 17.6 Å². The van der Waals surface area contributed by atoms with Crippen LogP contribution in [0.1, 0.15) is 5.56 Å². The number of hydrogen-bond acceptors (Lipinski definition) is 4. The summed E-state index contributed by atoms with van der Waals surface area (Å²) in [5.74, 6) is -0.797. The molecule has 3 nitrogen and oxygen atoms in total. The summed E-state index contributed by atoms with van der Waals surface area (Å²) < 4.78 is 34.3. The highest BCUT2D eigenvalue weighted by atomic mass is 32.2. The molecule has 2 aromatic rings. The van der Waals surface area contributed by atoms with Crippen molar-refractivity contribution in [1.29, 1.82) is 0 Å². The van der Waals surface area contributed by atoms with E-state index in [1.807, 2.05) is 13.0 Å². The van der Waals surface area contributed by atoms with E-state index in [0.717, 1.165) is 23.6 Å². The second-order valence-electron chi connectivity index (χ2n) is 3.85. The topological polar surface area (TPSA) is 34.1 Å². The largest absolute Gasteiger partial charge is 0.480 e. The molecule has 0 unspecified atom stereocenters. The number of halogens is 2. The smallest absolute Gasteiger partial charge is 0.237 e. The number of nitrogens with zero attached hydrogens (tertiary/aromatic N) is 1. The Balaban J connectivity index is 2.16. The summed E-state index contributed by atoms with van der Waals surface area (Å²) in [6, 6.07) is 5.26. The first kappa shape index (κ1) is 13.6. The number of aromatic nitrogens is 1. The van der Waals surface area contributed by atoms with Gasteiger partial charge in [0.05, 0.1) is 12.0 Å². The molecular formula is C13H12F2N2OS. The molecule has 1 N–H and O–H groups in total. The van der Waals surface area contributed by atoms with Crippen molar-refractivity contribution in [2.75, 3.05) is 11.8 Å². The third-order valence-corrected chi connectivity index (χ3v) is 3.22. The van der Waals surface area contributed by atoms with E-state index in [9.17, 15) is 8.78 Å². The first-order valence-corrected chi connectivity index (χ1v) is 6.30. The molecule has 0 saturated heterocycles. The molecule has 1 aromatic heterocycles. The summed E-state index contributed by atoms with van der Waals surface area (Å²) in [5, 5.41) is 0. The van der Waals surface area contributed by atoms with Crippen LogP contribution in [0.2, 0.25) is 0 Å². The molecule has 0 saturated carbocycles. The predicted octanol–water partition coefficient (Wildman–Crippen LogP) is 3.80. The van der Waals surface area contributed by atoms with Crippen LogP contribution in [0.25, 0.3) is 0 Å². The number of aryl methyl sites for hydroxylation is 1. The second kappa shape index (κ2) is 5.88. The van der Waals surface area contributed by atoms with E-state index in [-0.39, 0.29) is 0 Å². The van der Waals surface area contributed by atoms with Gasteiger partial charge in [-0.25, -0.2) is 13.8 Å². The maximum atomic E-state index is 13.5. The molecule has 0 aliphatic carbocycles. The van der Waals surface area contributed by atoms with Crippen LogP contribution in [0.3, 0.4) is 0 Å². The van der Waals surface area contributed by atoms with Crippen LogP contribution in [-0.2, 0) is 0 Å². The third-order valence-electron chi connectivity index (χ3n) is 2.35. The maximum absolute atomic E-state index is 13.5. The molecule has 6 heteroatoms. The van der Waals surface area contributed by atoms with E-state index in [1.165, 1.54) is 19.2 Å². The van der Waals surface area contributed by atoms with Crippen molar-refractivity contribution in [2.24, 2.45) is 0 Å². The van der Waals surface area contributed by atoms with E-state index in [0.29, 0.717) is 16.5 Å². The Morgan fingerprint density at radius 2 is 2.05 bits per heavy atom. The minimum absolute atomic E-state index is 0.296. The maximum Gasteiger partial charge on any atom is 0.237 e. The van der Waals surface area contributed by atoms with Gasteiger partial charge in [0.2, 0.25) is 5.88 Å². The number of nitrogens with one attached hydrogen (secondary N) is 1. The van der Waals surface area contributed by atoms with Crippen molar-refractivity contribution in [3.63, 3.8) is 0 Å². The van der Waals surface area contributed by atoms with Crippen molar-refractivity contribution in [1.82, 2.24) is 4.98 Å². The average molecular weight is 282 g/mol. The number of methoxy groups -OCH3 is 1. The Hall–Kier alpha value is -1.82. The summed E-state index contributed by atoms with van der Waals surface area (Å²) >= 11 is 1.04. The fourth-order valence-corrected chi connectivity index (χ4v) is 2.12. The van der Waals surface area contributed by atoms with Crippen molar-refractivity contribution in [3.05, 3.63) is 47.7 Å². The lowest BCUT2D eigenvalue weighted by Gasteiger charge is -2.10. The van der Waals surface area contributed by atoms with Gasteiger partial charge in [0.15, 0.2) is 0 Å². The van der Waals surface area contributed by atoms with Gasteiger partial charge in [0, 0.05) is 12.3 Å². The first-order chi connectivity index (χ1) is 9.10. The Labute approximate surface area is 114 Å². The molecule has 19 heavy (non-hydrogen) atoms. The normalized spacial score (nSPS) is 10.3. The van der Waals surface area contributed by atoms with Crippen molar-refractivity contribution in [3.8, 4) is 5.88 Å². The Morgan fingerprint density at radius 3 is 2.74 bits per heavy atom. The molecule has 100 valence electrons. The van der Waals surface area contributed by atoms with E-state index >= 15 is 0 Å². The summed E-state index contributed by atoms with van der Waals surface area (Å²) in [5.41, 5.74) is 1.58. The molecule has 1 heterocycles. The van der Waals surface area contributed by atoms with Gasteiger partial charge < -0.3 is 9.46 Å². The first-order valence-electron chi connectivity index (χ1n) is 5.48. The fraction of sp³-hybridized carbons (Fsp3) is 0.154. The fourth-order valence-electron chi connectivity index (χ4n) is 1.46. The molecule has 0 spiro atoms. The van der Waals surface area contributed by atoms with E-state index in [2.05, 4.69) is 9.71 Å². The van der Waals surface area contributed by atoms with Crippen molar-refractivity contribution in [2.45, 2.75) is 11.8 Å². The zero-order valence-corrected chi connectivity index (χ0v) is 11.2.